The number of hydrogen-bond acceptors (Lipinski definition) is 2. The number of rotatable bonds is 2. The summed E-state index contributed by atoms with van der Waals surface area (Å²) in [6, 6.07) is 21.7. The van der Waals surface area contributed by atoms with Crippen LogP contribution in [-0.4, -0.2) is 33.9 Å². The zero-order chi connectivity index (χ0) is 20.8. The van der Waals surface area contributed by atoms with Crippen LogP contribution >= 0.6 is 24.4 Å². The highest BCUT2D eigenvalue weighted by Crippen LogP contribution is 2.54. The van der Waals surface area contributed by atoms with Gasteiger partial charge in [0.05, 0.1) is 22.1 Å². The summed E-state index contributed by atoms with van der Waals surface area (Å²) in [7, 11) is 4.23. The molecular formula is C24H32N2S2. The average Bonchev–Trinajstić information content (AvgIpc) is 3.17. The highest BCUT2D eigenvalue weighted by Gasteiger charge is 2.56. The van der Waals surface area contributed by atoms with Gasteiger partial charge in [-0.05, 0) is 11.1 Å². The van der Waals surface area contributed by atoms with E-state index in [4.69, 9.17) is 24.4 Å². The molecule has 0 amide bonds. The van der Waals surface area contributed by atoms with Crippen molar-refractivity contribution >= 4 is 34.4 Å². The molecule has 4 rings (SSSR count). The van der Waals surface area contributed by atoms with Crippen molar-refractivity contribution in [3.05, 3.63) is 71.8 Å². The number of thiocarbonyl (C=S) groups is 2. The SMILES string of the molecule is CC.CC.CN1C(=S)C2C(C(=S)N(C)C2c2ccccc2)C1c1ccccc1. The highest BCUT2D eigenvalue weighted by atomic mass is 32.1. The van der Waals surface area contributed by atoms with E-state index in [2.05, 4.69) is 84.6 Å². The standard InChI is InChI=1S/C20H20N2S2.2C2H6/c1-21-17(13-9-5-3-6-10-13)15-16(19(21)23)18(22(2)20(15)24)14-11-7-4-8-12-14;2*1-2/h3-12,15-18H,1-2H3;2*1-2H3. The second-order valence-corrected chi connectivity index (χ2v) is 7.50. The Bertz CT molecular complexity index is 708. The molecule has 4 unspecified atom stereocenters. The van der Waals surface area contributed by atoms with Gasteiger partial charge in [-0.15, -0.1) is 0 Å². The molecule has 28 heavy (non-hydrogen) atoms. The molecule has 0 N–H and O–H groups in total. The van der Waals surface area contributed by atoms with Crippen LogP contribution in [0.1, 0.15) is 50.9 Å². The molecule has 0 aliphatic carbocycles. The third-order valence-corrected chi connectivity index (χ3v) is 6.57. The first-order valence-electron chi connectivity index (χ1n) is 10.2. The molecule has 2 aliphatic rings. The quantitative estimate of drug-likeness (QED) is 0.534. The minimum atomic E-state index is 0.229. The van der Waals surface area contributed by atoms with Crippen LogP contribution in [0.5, 0.6) is 0 Å². The lowest BCUT2D eigenvalue weighted by Crippen LogP contribution is -2.33. The Morgan fingerprint density at radius 2 is 0.857 bits per heavy atom. The molecule has 150 valence electrons. The smallest absolute Gasteiger partial charge is 0.0845 e. The van der Waals surface area contributed by atoms with Crippen molar-refractivity contribution in [1.29, 1.82) is 0 Å². The van der Waals surface area contributed by atoms with E-state index >= 15 is 0 Å². The first-order valence-corrected chi connectivity index (χ1v) is 11.1. The second-order valence-electron chi connectivity index (χ2n) is 6.66. The Hall–Kier alpha value is -1.78. The van der Waals surface area contributed by atoms with Crippen molar-refractivity contribution in [2.45, 2.75) is 39.8 Å². The molecule has 2 aromatic carbocycles. The number of hydrogen-bond donors (Lipinski definition) is 0. The van der Waals surface area contributed by atoms with Crippen molar-refractivity contribution in [2.75, 3.05) is 14.1 Å². The van der Waals surface area contributed by atoms with E-state index in [0.29, 0.717) is 0 Å². The van der Waals surface area contributed by atoms with Crippen LogP contribution in [0.2, 0.25) is 0 Å². The van der Waals surface area contributed by atoms with Crippen LogP contribution in [0.4, 0.5) is 0 Å². The third kappa shape index (κ3) is 3.85. The Morgan fingerprint density at radius 1 is 0.571 bits per heavy atom. The van der Waals surface area contributed by atoms with Crippen molar-refractivity contribution < 1.29 is 0 Å². The summed E-state index contributed by atoms with van der Waals surface area (Å²) in [4.78, 5) is 6.56. The summed E-state index contributed by atoms with van der Waals surface area (Å²) in [6.07, 6.45) is 0. The zero-order valence-electron chi connectivity index (χ0n) is 17.8. The fraction of sp³-hybridized carbons (Fsp3) is 0.417. The van der Waals surface area contributed by atoms with Gasteiger partial charge in [-0.1, -0.05) is 113 Å². The van der Waals surface area contributed by atoms with Gasteiger partial charge in [0.1, 0.15) is 0 Å². The number of benzene rings is 2. The molecule has 2 fully saturated rings. The van der Waals surface area contributed by atoms with Gasteiger partial charge in [-0.3, -0.25) is 0 Å². The molecule has 0 saturated carbocycles. The summed E-state index contributed by atoms with van der Waals surface area (Å²) in [6.45, 7) is 8.00. The van der Waals surface area contributed by atoms with Gasteiger partial charge in [-0.25, -0.2) is 0 Å². The van der Waals surface area contributed by atoms with Gasteiger partial charge in [0.2, 0.25) is 0 Å². The third-order valence-electron chi connectivity index (χ3n) is 5.45. The van der Waals surface area contributed by atoms with Crippen LogP contribution in [0.3, 0.4) is 0 Å². The highest BCUT2D eigenvalue weighted by molar-refractivity contribution is 7.81. The number of nitrogens with zero attached hydrogens (tertiary/aromatic N) is 2. The van der Waals surface area contributed by atoms with Crippen molar-refractivity contribution in [1.82, 2.24) is 9.80 Å². The summed E-state index contributed by atoms with van der Waals surface area (Å²) in [5.41, 5.74) is 2.58. The van der Waals surface area contributed by atoms with Gasteiger partial charge in [0.25, 0.3) is 0 Å². The summed E-state index contributed by atoms with van der Waals surface area (Å²) >= 11 is 11.8. The molecule has 2 aliphatic heterocycles. The van der Waals surface area contributed by atoms with E-state index in [1.54, 1.807) is 0 Å². The van der Waals surface area contributed by atoms with Gasteiger partial charge >= 0.3 is 0 Å². The minimum absolute atomic E-state index is 0.229. The van der Waals surface area contributed by atoms with E-state index in [-0.39, 0.29) is 23.9 Å². The molecule has 0 bridgehead atoms. The topological polar surface area (TPSA) is 6.48 Å². The lowest BCUT2D eigenvalue weighted by atomic mass is 9.84. The van der Waals surface area contributed by atoms with Crippen LogP contribution in [0.15, 0.2) is 60.7 Å². The summed E-state index contributed by atoms with van der Waals surface area (Å²) in [5.74, 6) is 0.519. The fourth-order valence-corrected chi connectivity index (χ4v) is 5.14. The monoisotopic (exact) mass is 412 g/mol. The van der Waals surface area contributed by atoms with Crippen LogP contribution in [0.25, 0.3) is 0 Å². The van der Waals surface area contributed by atoms with E-state index in [1.807, 2.05) is 27.7 Å². The molecule has 0 aromatic heterocycles. The Labute approximate surface area is 181 Å². The second kappa shape index (κ2) is 10.1. The number of likely N-dealkylation sites (tertiary alicyclic amines) is 2. The van der Waals surface area contributed by atoms with E-state index in [9.17, 15) is 0 Å². The van der Waals surface area contributed by atoms with E-state index in [0.717, 1.165) is 9.98 Å². The van der Waals surface area contributed by atoms with E-state index in [1.165, 1.54) is 11.1 Å². The normalized spacial score (nSPS) is 25.5. The lowest BCUT2D eigenvalue weighted by molar-refractivity contribution is 0.352. The first kappa shape index (κ1) is 22.5. The molecule has 2 heterocycles. The summed E-state index contributed by atoms with van der Waals surface area (Å²) < 4.78 is 0. The van der Waals surface area contributed by atoms with Crippen LogP contribution < -0.4 is 0 Å². The Balaban J connectivity index is 0.000000660. The zero-order valence-corrected chi connectivity index (χ0v) is 19.4. The van der Waals surface area contributed by atoms with Gasteiger partial charge in [0.15, 0.2) is 0 Å². The Morgan fingerprint density at radius 3 is 1.14 bits per heavy atom. The van der Waals surface area contributed by atoms with E-state index < -0.39 is 0 Å². The lowest BCUT2D eigenvalue weighted by Gasteiger charge is -2.30. The maximum Gasteiger partial charge on any atom is 0.0845 e. The molecule has 2 saturated heterocycles. The molecule has 2 aromatic rings. The molecule has 4 heteroatoms. The molecule has 0 radical (unpaired) electrons. The molecule has 0 spiro atoms. The van der Waals surface area contributed by atoms with Gasteiger partial charge < -0.3 is 9.80 Å². The predicted molar refractivity (Wildman–Crippen MR) is 129 cm³/mol. The van der Waals surface area contributed by atoms with Crippen LogP contribution in [-0.2, 0) is 0 Å². The van der Waals surface area contributed by atoms with Crippen molar-refractivity contribution in [3.8, 4) is 0 Å². The predicted octanol–water partition coefficient (Wildman–Crippen LogP) is 6.30. The van der Waals surface area contributed by atoms with Gasteiger partial charge in [0, 0.05) is 25.9 Å². The van der Waals surface area contributed by atoms with Gasteiger partial charge in [-0.2, -0.15) is 0 Å². The Kier molecular flexibility index (Phi) is 8.14. The summed E-state index contributed by atoms with van der Waals surface area (Å²) in [5, 5.41) is 0. The molecule has 4 atom stereocenters. The van der Waals surface area contributed by atoms with Crippen molar-refractivity contribution in [2.24, 2.45) is 11.8 Å². The fourth-order valence-electron chi connectivity index (χ4n) is 4.36. The largest absolute Gasteiger partial charge is 0.361 e. The molecule has 2 nitrogen and oxygen atoms in total. The van der Waals surface area contributed by atoms with Crippen LogP contribution in [0, 0.1) is 11.8 Å². The maximum absolute atomic E-state index is 5.88. The number of fused-ring (bicyclic) bond motifs is 1. The average molecular weight is 413 g/mol. The van der Waals surface area contributed by atoms with Crippen molar-refractivity contribution in [3.63, 3.8) is 0 Å². The maximum atomic E-state index is 5.88. The first-order chi connectivity index (χ1) is 13.6. The minimum Gasteiger partial charge on any atom is -0.361 e. The molecular weight excluding hydrogens is 380 g/mol.